The molecule has 3 N–H and O–H groups in total. The van der Waals surface area contributed by atoms with E-state index in [1.54, 1.807) is 18.2 Å². The second-order valence-electron chi connectivity index (χ2n) is 2.39. The monoisotopic (exact) mass is 270 g/mol. The van der Waals surface area contributed by atoms with Crippen LogP contribution in [0.25, 0.3) is 0 Å². The summed E-state index contributed by atoms with van der Waals surface area (Å²) < 4.78 is 29.2. The molecule has 2 rings (SSSR count). The fourth-order valence-corrected chi connectivity index (χ4v) is 1.23. The molecule has 0 atom stereocenters. The molecule has 1 aromatic rings. The van der Waals surface area contributed by atoms with E-state index in [-0.39, 0.29) is 39.9 Å². The van der Waals surface area contributed by atoms with Crippen LogP contribution in [0.15, 0.2) is 55.9 Å². The Labute approximate surface area is 120 Å². The van der Waals surface area contributed by atoms with Crippen molar-refractivity contribution >= 4 is 39.7 Å². The van der Waals surface area contributed by atoms with Crippen LogP contribution >= 0.6 is 0 Å². The zero-order valence-electron chi connectivity index (χ0n) is 8.05. The second kappa shape index (κ2) is 9.33. The zero-order valence-corrected chi connectivity index (χ0v) is 8.87. The van der Waals surface area contributed by atoms with Crippen LogP contribution in [0, 0.1) is 0 Å². The Morgan fingerprint density at radius 1 is 1.06 bits per heavy atom. The number of rotatable bonds is 1. The van der Waals surface area contributed by atoms with Crippen molar-refractivity contribution in [2.45, 2.75) is 4.90 Å². The third-order valence-electron chi connectivity index (χ3n) is 1.33. The van der Waals surface area contributed by atoms with Gasteiger partial charge in [0.25, 0.3) is 10.1 Å². The van der Waals surface area contributed by atoms with Gasteiger partial charge in [0.05, 0.1) is 4.90 Å². The van der Waals surface area contributed by atoms with Gasteiger partial charge in [0.1, 0.15) is 0 Å². The van der Waals surface area contributed by atoms with Gasteiger partial charge in [-0.1, -0.05) is 18.2 Å². The van der Waals surface area contributed by atoms with Crippen molar-refractivity contribution in [3.05, 3.63) is 30.3 Å². The van der Waals surface area contributed by atoms with Crippen LogP contribution < -0.4 is 0 Å². The third kappa shape index (κ3) is 8.07. The summed E-state index contributed by atoms with van der Waals surface area (Å²) in [5, 5.41) is 13.1. The fourth-order valence-electron chi connectivity index (χ4n) is 0.734. The van der Waals surface area contributed by atoms with Gasteiger partial charge in [-0.2, -0.15) is 8.42 Å². The van der Waals surface area contributed by atoms with Crippen molar-refractivity contribution < 1.29 is 18.4 Å². The fraction of sp³-hybridized carbons (Fsp3) is 0.143. The van der Waals surface area contributed by atoms with Crippen molar-refractivity contribution in [2.75, 3.05) is 6.67 Å². The van der Waals surface area contributed by atoms with E-state index in [1.807, 2.05) is 0 Å². The van der Waals surface area contributed by atoms with Gasteiger partial charge < -0.3 is 5.48 Å². The van der Waals surface area contributed by atoms with Crippen LogP contribution in [0.4, 0.5) is 0 Å². The van der Waals surface area contributed by atoms with Gasteiger partial charge in [0.15, 0.2) is 6.67 Å². The molecule has 90 valence electrons. The summed E-state index contributed by atoms with van der Waals surface area (Å²) in [5.41, 5.74) is 0. The van der Waals surface area contributed by atoms with Crippen molar-refractivity contribution in [1.29, 1.82) is 0 Å². The van der Waals surface area contributed by atoms with Crippen LogP contribution in [0.5, 0.6) is 0 Å². The van der Waals surface area contributed by atoms with Crippen molar-refractivity contribution in [2.24, 2.45) is 20.7 Å². The van der Waals surface area contributed by atoms with E-state index < -0.39 is 10.1 Å². The average Bonchev–Trinajstić information content (AvgIpc) is 2.76. The van der Waals surface area contributed by atoms with E-state index in [0.717, 1.165) is 0 Å². The standard InChI is InChI=1S/C6H6O3S.CH2N4.Na.H2O.H/c7-10(8,9)6-4-2-1-3-5-6;1-2-4-5-3-1;;;/h1-5H,(H,7,8,9);1H2;;1H2;. The number of hydrogen-bond acceptors (Lipinski definition) is 6. The van der Waals surface area contributed by atoms with Gasteiger partial charge in [-0.25, -0.2) is 0 Å². The third-order valence-corrected chi connectivity index (χ3v) is 2.20. The van der Waals surface area contributed by atoms with Crippen LogP contribution in [0.3, 0.4) is 0 Å². The maximum atomic E-state index is 10.4. The minimum atomic E-state index is -4.00. The molecule has 0 saturated carbocycles. The van der Waals surface area contributed by atoms with Crippen LogP contribution in [0.2, 0.25) is 0 Å². The summed E-state index contributed by atoms with van der Waals surface area (Å²) >= 11 is 0. The molecule has 10 heteroatoms. The molecule has 1 aliphatic rings. The van der Waals surface area contributed by atoms with E-state index in [0.29, 0.717) is 6.67 Å². The molecule has 0 bridgehead atoms. The summed E-state index contributed by atoms with van der Waals surface area (Å²) in [6.07, 6.45) is 0. The number of benzene rings is 1. The Morgan fingerprint density at radius 3 is 1.76 bits per heavy atom. The molecule has 1 heterocycles. The van der Waals surface area contributed by atoms with Gasteiger partial charge in [0, 0.05) is 0 Å². The first-order valence-corrected chi connectivity index (χ1v) is 5.30. The van der Waals surface area contributed by atoms with Gasteiger partial charge in [-0.3, -0.25) is 4.55 Å². The zero-order chi connectivity index (χ0) is 11.1. The normalized spacial score (nSPS) is 11.8. The molecule has 17 heavy (non-hydrogen) atoms. The molecule has 0 spiro atoms. The molecule has 0 radical (unpaired) electrons. The van der Waals surface area contributed by atoms with Gasteiger partial charge in [0.2, 0.25) is 0 Å². The molecule has 0 aliphatic carbocycles. The number of hydrogen-bond donors (Lipinski definition) is 1. The molecule has 1 aromatic carbocycles. The predicted octanol–water partition coefficient (Wildman–Crippen LogP) is 0.237. The predicted molar refractivity (Wildman–Crippen MR) is 61.6 cm³/mol. The Hall–Kier alpha value is -0.710. The Morgan fingerprint density at radius 2 is 1.53 bits per heavy atom. The Bertz CT molecular complexity index is 452. The first-order valence-electron chi connectivity index (χ1n) is 3.86. The first kappa shape index (κ1) is 18.6. The molecular weight excluding hydrogens is 259 g/mol. The summed E-state index contributed by atoms with van der Waals surface area (Å²) in [7, 11) is -4.00. The minimum absolute atomic E-state index is 0. The molecule has 1 aliphatic heterocycles. The molecule has 0 unspecified atom stereocenters. The van der Waals surface area contributed by atoms with Crippen LogP contribution in [-0.4, -0.2) is 54.7 Å². The van der Waals surface area contributed by atoms with Crippen molar-refractivity contribution in [3.8, 4) is 0 Å². The summed E-state index contributed by atoms with van der Waals surface area (Å²) in [6.45, 7) is 0.417. The maximum absolute atomic E-state index is 10.4. The van der Waals surface area contributed by atoms with Crippen molar-refractivity contribution in [3.63, 3.8) is 0 Å². The van der Waals surface area contributed by atoms with Gasteiger partial charge in [-0.15, -0.1) is 10.2 Å². The molecule has 0 fully saturated rings. The summed E-state index contributed by atoms with van der Waals surface area (Å²) in [6, 6.07) is 7.42. The summed E-state index contributed by atoms with van der Waals surface area (Å²) in [4.78, 5) is -0.0741. The van der Waals surface area contributed by atoms with E-state index in [9.17, 15) is 8.42 Å². The quantitative estimate of drug-likeness (QED) is 0.578. The topological polar surface area (TPSA) is 135 Å². The van der Waals surface area contributed by atoms with E-state index in [1.165, 1.54) is 12.1 Å². The van der Waals surface area contributed by atoms with Crippen LogP contribution in [-0.2, 0) is 10.1 Å². The second-order valence-corrected chi connectivity index (χ2v) is 3.81. The molecule has 0 aromatic heterocycles. The van der Waals surface area contributed by atoms with Gasteiger partial charge >= 0.3 is 29.6 Å². The Balaban J connectivity index is 0. The van der Waals surface area contributed by atoms with Crippen LogP contribution in [0.1, 0.15) is 0 Å². The van der Waals surface area contributed by atoms with E-state index in [4.69, 9.17) is 4.55 Å². The van der Waals surface area contributed by atoms with E-state index >= 15 is 0 Å². The SMILES string of the molecule is C1N=NN=N1.O.O=S(=O)(O)c1ccccc1.[NaH]. The Kier molecular flexibility index (Phi) is 10.2. The van der Waals surface area contributed by atoms with Crippen molar-refractivity contribution in [1.82, 2.24) is 0 Å². The number of nitrogens with zero attached hydrogens (tertiary/aromatic N) is 4. The van der Waals surface area contributed by atoms with E-state index in [2.05, 4.69) is 20.7 Å². The summed E-state index contributed by atoms with van der Waals surface area (Å²) in [5.74, 6) is 0. The molecule has 0 amide bonds. The molecule has 0 saturated heterocycles. The molecule has 8 nitrogen and oxygen atoms in total. The van der Waals surface area contributed by atoms with Gasteiger partial charge in [-0.05, 0) is 22.6 Å². The molecular formula is C7H11N4NaO4S. The average molecular weight is 270 g/mol. The first-order chi connectivity index (χ1) is 7.11.